The first-order chi connectivity index (χ1) is 16.9. The van der Waals surface area contributed by atoms with Crippen molar-refractivity contribution in [3.63, 3.8) is 0 Å². The second-order valence-electron chi connectivity index (χ2n) is 7.42. The van der Waals surface area contributed by atoms with Gasteiger partial charge in [-0.1, -0.05) is 51.8 Å². The van der Waals surface area contributed by atoms with Crippen LogP contribution in [-0.2, 0) is 16.5 Å². The zero-order valence-electron chi connectivity index (χ0n) is 21.9. The minimum atomic E-state index is -0.553. The maximum absolute atomic E-state index is 13.9. The number of hydrogen-bond donors (Lipinski definition) is 1. The molecule has 8 heteroatoms. The van der Waals surface area contributed by atoms with Gasteiger partial charge in [-0.05, 0) is 39.0 Å². The first-order valence-electron chi connectivity index (χ1n) is 12.2. The van der Waals surface area contributed by atoms with Crippen LogP contribution < -0.4 is 26.2 Å². The number of para-hydroxylation sites is 1. The summed E-state index contributed by atoms with van der Waals surface area (Å²) in [6, 6.07) is 7.41. The second kappa shape index (κ2) is 16.6. The van der Waals surface area contributed by atoms with E-state index in [4.69, 9.17) is 14.2 Å². The Morgan fingerprint density at radius 2 is 1.77 bits per heavy atom. The molecule has 3 rings (SSSR count). The summed E-state index contributed by atoms with van der Waals surface area (Å²) >= 11 is 0. The Morgan fingerprint density at radius 1 is 1.17 bits per heavy atom. The Hall–Kier alpha value is -2.97. The van der Waals surface area contributed by atoms with E-state index >= 15 is 0 Å². The lowest BCUT2D eigenvalue weighted by Crippen LogP contribution is -2.42. The number of nitrogens with zero attached hydrogens (tertiary/aromatic N) is 2. The summed E-state index contributed by atoms with van der Waals surface area (Å²) in [6.07, 6.45) is 5.75. The Kier molecular flexibility index (Phi) is 14.3. The van der Waals surface area contributed by atoms with E-state index in [2.05, 4.69) is 16.9 Å². The van der Waals surface area contributed by atoms with Gasteiger partial charge in [0.25, 0.3) is 5.56 Å². The standard InChI is InChI=1S/C22H28FN3O4.C3H6.C2H6/c1-6-28-21(29-7-2)14-25-16(4)24-13-17-12-20(22(27)26(5)15(17)3)30-19-11-9-8-10-18(19)23;1-2-3-1;1-2/h8-13,21H,3,6-7,14H2,1-2,4-5H3,(H,24,25);1-3H2;1-2H3/b17-13-;;. The Morgan fingerprint density at radius 3 is 2.31 bits per heavy atom. The molecule has 0 unspecified atom stereocenters. The summed E-state index contributed by atoms with van der Waals surface area (Å²) in [5.74, 6) is 0.0404. The molecule has 1 N–H and O–H groups in total. The highest BCUT2D eigenvalue weighted by Crippen LogP contribution is 2.20. The van der Waals surface area contributed by atoms with E-state index in [1.807, 2.05) is 27.7 Å². The van der Waals surface area contributed by atoms with Crippen LogP contribution in [0.15, 0.2) is 40.1 Å². The molecule has 1 aliphatic carbocycles. The summed E-state index contributed by atoms with van der Waals surface area (Å²) in [7, 11) is 1.58. The fourth-order valence-electron chi connectivity index (χ4n) is 2.58. The van der Waals surface area contributed by atoms with Gasteiger partial charge in [0.1, 0.15) is 0 Å². The predicted octanol–water partition coefficient (Wildman–Crippen LogP) is 4.07. The zero-order chi connectivity index (χ0) is 26.2. The quantitative estimate of drug-likeness (QED) is 0.327. The number of halogens is 1. The average Bonchev–Trinajstić information content (AvgIpc) is 3.75. The SMILES string of the molecule is C1CC1.C=c1/c(=C\NC(C)=NCC(OCC)OCC)cc(Oc2ccccc2F)c(=O)n1C.CC. The molecule has 1 saturated carbocycles. The number of aliphatic imine (C=N–C) groups is 1. The van der Waals surface area contributed by atoms with Crippen molar-refractivity contribution in [3.8, 4) is 11.5 Å². The lowest BCUT2D eigenvalue weighted by molar-refractivity contribution is -0.128. The van der Waals surface area contributed by atoms with Gasteiger partial charge in [-0.3, -0.25) is 9.79 Å². The molecule has 0 aliphatic heterocycles. The van der Waals surface area contributed by atoms with Gasteiger partial charge >= 0.3 is 0 Å². The second-order valence-corrected chi connectivity index (χ2v) is 7.42. The molecular weight excluding hydrogens is 449 g/mol. The molecule has 7 nitrogen and oxygen atoms in total. The topological polar surface area (TPSA) is 74.1 Å². The summed E-state index contributed by atoms with van der Waals surface area (Å²) in [4.78, 5) is 16.9. The third-order valence-electron chi connectivity index (χ3n) is 4.57. The molecule has 194 valence electrons. The Labute approximate surface area is 207 Å². The largest absolute Gasteiger partial charge is 0.448 e. The van der Waals surface area contributed by atoms with Crippen LogP contribution >= 0.6 is 0 Å². The van der Waals surface area contributed by atoms with Gasteiger partial charge in [0, 0.05) is 37.0 Å². The van der Waals surface area contributed by atoms with Gasteiger partial charge in [-0.2, -0.15) is 0 Å². The highest BCUT2D eigenvalue weighted by Gasteiger charge is 2.10. The number of hydrogen-bond acceptors (Lipinski definition) is 5. The number of nitrogens with one attached hydrogen (secondary N) is 1. The average molecular weight is 490 g/mol. The molecular formula is C27H40FN3O4. The third kappa shape index (κ3) is 10.9. The summed E-state index contributed by atoms with van der Waals surface area (Å²) in [5, 5.41) is 4.13. The van der Waals surface area contributed by atoms with Crippen molar-refractivity contribution in [2.24, 2.45) is 12.0 Å². The maximum Gasteiger partial charge on any atom is 0.293 e. The zero-order valence-corrected chi connectivity index (χ0v) is 21.9. The predicted molar refractivity (Wildman–Crippen MR) is 141 cm³/mol. The van der Waals surface area contributed by atoms with Gasteiger partial charge in [0.2, 0.25) is 0 Å². The highest BCUT2D eigenvalue weighted by molar-refractivity contribution is 5.83. The van der Waals surface area contributed by atoms with Crippen LogP contribution in [0, 0.1) is 5.82 Å². The van der Waals surface area contributed by atoms with Crippen LogP contribution in [0.4, 0.5) is 4.39 Å². The normalized spacial score (nSPS) is 12.9. The van der Waals surface area contributed by atoms with E-state index in [1.54, 1.807) is 32.3 Å². The molecule has 1 heterocycles. The smallest absolute Gasteiger partial charge is 0.293 e. The molecule has 1 aliphatic rings. The number of ether oxygens (including phenoxy) is 3. The molecule has 1 fully saturated rings. The van der Waals surface area contributed by atoms with Crippen LogP contribution in [0.3, 0.4) is 0 Å². The highest BCUT2D eigenvalue weighted by atomic mass is 19.1. The molecule has 1 aromatic carbocycles. The fraction of sp³-hybridized carbons (Fsp3) is 0.481. The van der Waals surface area contributed by atoms with Crippen LogP contribution in [0.2, 0.25) is 0 Å². The van der Waals surface area contributed by atoms with Crippen LogP contribution in [0.5, 0.6) is 11.5 Å². The van der Waals surface area contributed by atoms with E-state index in [0.29, 0.717) is 36.2 Å². The number of aromatic nitrogens is 1. The van der Waals surface area contributed by atoms with Gasteiger partial charge in [-0.15, -0.1) is 0 Å². The van der Waals surface area contributed by atoms with Crippen molar-refractivity contribution in [1.29, 1.82) is 0 Å². The van der Waals surface area contributed by atoms with Crippen LogP contribution in [-0.4, -0.2) is 36.5 Å². The molecule has 2 aromatic rings. The minimum absolute atomic E-state index is 0.00889. The summed E-state index contributed by atoms with van der Waals surface area (Å²) in [5.41, 5.74) is -0.415. The van der Waals surface area contributed by atoms with Crippen molar-refractivity contribution in [2.75, 3.05) is 19.8 Å². The monoisotopic (exact) mass is 489 g/mol. The number of benzene rings is 1. The summed E-state index contributed by atoms with van der Waals surface area (Å²) < 4.78 is 31.7. The van der Waals surface area contributed by atoms with Crippen molar-refractivity contribution in [1.82, 2.24) is 9.88 Å². The first kappa shape index (κ1) is 30.1. The molecule has 0 spiro atoms. The number of rotatable bonds is 9. The first-order valence-corrected chi connectivity index (χ1v) is 12.2. The lowest BCUT2D eigenvalue weighted by atomic mass is 10.3. The van der Waals surface area contributed by atoms with Crippen molar-refractivity contribution in [2.45, 2.75) is 60.2 Å². The maximum atomic E-state index is 13.9. The van der Waals surface area contributed by atoms with E-state index in [0.717, 1.165) is 0 Å². The van der Waals surface area contributed by atoms with Gasteiger partial charge in [0.15, 0.2) is 23.6 Å². The Balaban J connectivity index is 0.00000111. The van der Waals surface area contributed by atoms with Crippen molar-refractivity contribution >= 4 is 18.6 Å². The van der Waals surface area contributed by atoms with Crippen LogP contribution in [0.1, 0.15) is 53.9 Å². The molecule has 0 saturated heterocycles. The molecule has 0 atom stereocenters. The molecule has 0 amide bonds. The number of amidine groups is 1. The molecule has 0 radical (unpaired) electrons. The van der Waals surface area contributed by atoms with Gasteiger partial charge in [-0.25, -0.2) is 4.39 Å². The van der Waals surface area contributed by atoms with Crippen molar-refractivity contribution < 1.29 is 18.6 Å². The van der Waals surface area contributed by atoms with Gasteiger partial charge < -0.3 is 24.1 Å². The van der Waals surface area contributed by atoms with E-state index < -0.39 is 17.7 Å². The lowest BCUT2D eigenvalue weighted by Gasteiger charge is -2.14. The van der Waals surface area contributed by atoms with Crippen molar-refractivity contribution in [3.05, 3.63) is 57.1 Å². The summed E-state index contributed by atoms with van der Waals surface area (Å²) in [6.45, 7) is 14.9. The van der Waals surface area contributed by atoms with Crippen LogP contribution in [0.25, 0.3) is 12.8 Å². The van der Waals surface area contributed by atoms with E-state index in [-0.39, 0.29) is 11.5 Å². The molecule has 35 heavy (non-hydrogen) atoms. The molecule has 0 bridgehead atoms. The van der Waals surface area contributed by atoms with E-state index in [9.17, 15) is 9.18 Å². The Bertz CT molecular complexity index is 1090. The van der Waals surface area contributed by atoms with Gasteiger partial charge in [0.05, 0.1) is 12.4 Å². The minimum Gasteiger partial charge on any atom is -0.448 e. The number of pyridine rings is 1. The van der Waals surface area contributed by atoms with E-state index in [1.165, 1.54) is 42.0 Å². The fourth-order valence-corrected chi connectivity index (χ4v) is 2.58. The third-order valence-corrected chi connectivity index (χ3v) is 4.57. The molecule has 1 aromatic heterocycles.